The van der Waals surface area contributed by atoms with Crippen molar-refractivity contribution < 1.29 is 26.2 Å². The summed E-state index contributed by atoms with van der Waals surface area (Å²) in [5.74, 6) is -0.365. The first-order valence-electron chi connectivity index (χ1n) is 5.63. The van der Waals surface area contributed by atoms with Crippen LogP contribution < -0.4 is 0 Å². The van der Waals surface area contributed by atoms with Gasteiger partial charge in [0.2, 0.25) is 0 Å². The van der Waals surface area contributed by atoms with Gasteiger partial charge in [0.25, 0.3) is 10.1 Å². The maximum absolute atomic E-state index is 11.2. The van der Waals surface area contributed by atoms with Crippen LogP contribution in [0.2, 0.25) is 0 Å². The third-order valence-electron chi connectivity index (χ3n) is 3.95. The molecule has 2 N–H and O–H groups in total. The number of nitrogens with zero attached hydrogens (tertiary/aromatic N) is 1. The molecule has 8 heteroatoms. The first-order chi connectivity index (χ1) is 7.79. The second kappa shape index (κ2) is 4.52. The summed E-state index contributed by atoms with van der Waals surface area (Å²) < 4.78 is 52.3. The Balaban J connectivity index is 3.16. The van der Waals surface area contributed by atoms with Gasteiger partial charge in [-0.2, -0.15) is 8.42 Å². The summed E-state index contributed by atoms with van der Waals surface area (Å²) in [6.07, 6.45) is 0. The average Bonchev–Trinajstić information content (AvgIpc) is 2.08. The van der Waals surface area contributed by atoms with Crippen LogP contribution in [0.25, 0.3) is 0 Å². The minimum absolute atomic E-state index is 0.0146. The van der Waals surface area contributed by atoms with E-state index in [1.54, 1.807) is 6.92 Å². The average molecular weight is 300 g/mol. The van der Waals surface area contributed by atoms with Crippen molar-refractivity contribution in [1.29, 1.82) is 0 Å². The van der Waals surface area contributed by atoms with Gasteiger partial charge in [-0.3, -0.25) is 4.55 Å². The smallest absolute Gasteiger partial charge is 0.265 e. The minimum atomic E-state index is -4.11. The zero-order valence-electron chi connectivity index (χ0n) is 11.2. The summed E-state index contributed by atoms with van der Waals surface area (Å²) in [6.45, 7) is 4.73. The molecule has 0 bridgehead atoms. The van der Waals surface area contributed by atoms with Crippen LogP contribution in [0.15, 0.2) is 0 Å². The Morgan fingerprint density at radius 2 is 1.67 bits per heavy atom. The Kier molecular flexibility index (Phi) is 4.02. The summed E-state index contributed by atoms with van der Waals surface area (Å²) in [4.78, 5) is 0. The summed E-state index contributed by atoms with van der Waals surface area (Å²) in [6, 6.07) is 0. The van der Waals surface area contributed by atoms with E-state index in [0.717, 1.165) is 0 Å². The highest BCUT2D eigenvalue weighted by Gasteiger charge is 2.59. The fourth-order valence-corrected chi connectivity index (χ4v) is 5.67. The van der Waals surface area contributed by atoms with Crippen molar-refractivity contribution in [3.05, 3.63) is 0 Å². The minimum Gasteiger partial charge on any atom is -0.327 e. The molecule has 0 spiro atoms. The topological polar surface area (TPSA) is 91.7 Å². The van der Waals surface area contributed by atoms with Gasteiger partial charge in [-0.15, -0.1) is 0 Å². The number of likely N-dealkylation sites (tertiary alicyclic amines) is 1. The number of hydrogen-bond acceptors (Lipinski definition) is 3. The van der Waals surface area contributed by atoms with E-state index in [-0.39, 0.29) is 11.5 Å². The lowest BCUT2D eigenvalue weighted by Gasteiger charge is -2.35. The molecule has 1 rings (SSSR count). The summed E-state index contributed by atoms with van der Waals surface area (Å²) >= 11 is -1.99. The zero-order valence-corrected chi connectivity index (χ0v) is 12.8. The Bertz CT molecular complexity index is 461. The summed E-state index contributed by atoms with van der Waals surface area (Å²) in [5, 5.41) is 0. The molecule has 18 heavy (non-hydrogen) atoms. The van der Waals surface area contributed by atoms with Gasteiger partial charge in [-0.25, -0.2) is 4.21 Å². The van der Waals surface area contributed by atoms with E-state index in [4.69, 9.17) is 9.11 Å². The van der Waals surface area contributed by atoms with Crippen LogP contribution in [-0.2, 0) is 21.2 Å². The van der Waals surface area contributed by atoms with Gasteiger partial charge in [0.15, 0.2) is 11.1 Å². The molecule has 1 aliphatic heterocycles. The van der Waals surface area contributed by atoms with Gasteiger partial charge < -0.3 is 9.04 Å². The zero-order chi connectivity index (χ0) is 14.4. The molecule has 0 aromatic rings. The Hall–Kier alpha value is -0.0200. The predicted octanol–water partition coefficient (Wildman–Crippen LogP) is 0.199. The SMILES string of the molecule is CC1(CS(=O)O)C[N+](C)(C)CC1(C)CS(=O)(=O)O. The molecular formula is C10H22NO5S2+. The largest absolute Gasteiger partial charge is 0.327 e. The molecule has 0 amide bonds. The molecule has 6 nitrogen and oxygen atoms in total. The van der Waals surface area contributed by atoms with Crippen molar-refractivity contribution in [2.45, 2.75) is 13.8 Å². The lowest BCUT2D eigenvalue weighted by Crippen LogP contribution is -2.45. The first kappa shape index (κ1) is 16.0. The normalized spacial score (nSPS) is 37.7. The van der Waals surface area contributed by atoms with Crippen molar-refractivity contribution in [1.82, 2.24) is 0 Å². The molecule has 3 atom stereocenters. The maximum Gasteiger partial charge on any atom is 0.265 e. The van der Waals surface area contributed by atoms with Gasteiger partial charge in [-0.05, 0) is 0 Å². The number of quaternary nitrogens is 1. The molecule has 0 aliphatic carbocycles. The summed E-state index contributed by atoms with van der Waals surface area (Å²) in [7, 11) is -0.209. The van der Waals surface area contributed by atoms with Crippen LogP contribution in [0.5, 0.6) is 0 Å². The lowest BCUT2D eigenvalue weighted by molar-refractivity contribution is -0.883. The fourth-order valence-electron chi connectivity index (χ4n) is 3.44. The molecular weight excluding hydrogens is 278 g/mol. The fraction of sp³-hybridized carbons (Fsp3) is 1.00. The van der Waals surface area contributed by atoms with Crippen LogP contribution in [0.3, 0.4) is 0 Å². The van der Waals surface area contributed by atoms with E-state index in [1.807, 2.05) is 21.0 Å². The number of rotatable bonds is 4. The van der Waals surface area contributed by atoms with Gasteiger partial charge in [-0.1, -0.05) is 13.8 Å². The van der Waals surface area contributed by atoms with Crippen LogP contribution >= 0.6 is 0 Å². The standard InChI is InChI=1S/C10H21NO5S2/c1-9(7-17(12)13)5-11(3,4)6-10(9,2)8-18(14,15)16/h5-8H2,1-4H3,(H-,12,13,14,15,16)/p+1. The van der Waals surface area contributed by atoms with Crippen LogP contribution in [0.4, 0.5) is 0 Å². The van der Waals surface area contributed by atoms with Crippen LogP contribution in [0, 0.1) is 10.8 Å². The second-order valence-electron chi connectivity index (χ2n) is 6.57. The van der Waals surface area contributed by atoms with E-state index >= 15 is 0 Å². The second-order valence-corrected chi connectivity index (χ2v) is 8.95. The third kappa shape index (κ3) is 3.51. The molecule has 108 valence electrons. The molecule has 0 saturated carbocycles. The highest BCUT2D eigenvalue weighted by Crippen LogP contribution is 2.49. The van der Waals surface area contributed by atoms with E-state index in [0.29, 0.717) is 17.6 Å². The van der Waals surface area contributed by atoms with Crippen molar-refractivity contribution in [3.8, 4) is 0 Å². The monoisotopic (exact) mass is 300 g/mol. The van der Waals surface area contributed by atoms with Crippen LogP contribution in [-0.4, -0.2) is 64.9 Å². The van der Waals surface area contributed by atoms with Gasteiger partial charge in [0.1, 0.15) is 0 Å². The Morgan fingerprint density at radius 1 is 1.22 bits per heavy atom. The van der Waals surface area contributed by atoms with E-state index in [9.17, 15) is 12.6 Å². The van der Waals surface area contributed by atoms with Gasteiger partial charge in [0, 0.05) is 10.8 Å². The quantitative estimate of drug-likeness (QED) is 0.439. The van der Waals surface area contributed by atoms with Crippen molar-refractivity contribution >= 4 is 21.2 Å². The third-order valence-corrected chi connectivity index (χ3v) is 5.84. The van der Waals surface area contributed by atoms with E-state index in [1.165, 1.54) is 0 Å². The van der Waals surface area contributed by atoms with Gasteiger partial charge >= 0.3 is 0 Å². The molecule has 0 aromatic carbocycles. The Morgan fingerprint density at radius 3 is 2.06 bits per heavy atom. The van der Waals surface area contributed by atoms with E-state index in [2.05, 4.69) is 0 Å². The molecule has 0 radical (unpaired) electrons. The molecule has 1 heterocycles. The molecule has 0 aromatic heterocycles. The van der Waals surface area contributed by atoms with E-state index < -0.39 is 32.0 Å². The first-order valence-corrected chi connectivity index (χ1v) is 8.52. The van der Waals surface area contributed by atoms with Gasteiger partial charge in [0.05, 0.1) is 38.7 Å². The Labute approximate surface area is 111 Å². The lowest BCUT2D eigenvalue weighted by atomic mass is 9.70. The highest BCUT2D eigenvalue weighted by atomic mass is 32.2. The van der Waals surface area contributed by atoms with Crippen molar-refractivity contribution in [3.63, 3.8) is 0 Å². The molecule has 1 saturated heterocycles. The van der Waals surface area contributed by atoms with Crippen LogP contribution in [0.1, 0.15) is 13.8 Å². The van der Waals surface area contributed by atoms with Crippen molar-refractivity contribution in [2.75, 3.05) is 38.7 Å². The van der Waals surface area contributed by atoms with Crippen molar-refractivity contribution in [2.24, 2.45) is 10.8 Å². The molecule has 1 aliphatic rings. The summed E-state index contributed by atoms with van der Waals surface area (Å²) in [5.41, 5.74) is -1.33. The number of hydrogen-bond donors (Lipinski definition) is 2. The highest BCUT2D eigenvalue weighted by molar-refractivity contribution is 7.85. The molecule has 1 fully saturated rings. The molecule has 3 unspecified atom stereocenters. The predicted molar refractivity (Wildman–Crippen MR) is 70.1 cm³/mol. The maximum atomic E-state index is 11.2.